The van der Waals surface area contributed by atoms with Gasteiger partial charge >= 0.3 is 0 Å². The summed E-state index contributed by atoms with van der Waals surface area (Å²) in [6.07, 6.45) is 2.39. The minimum atomic E-state index is -0.165. The Balaban J connectivity index is 2.52. The number of hydrogen-bond acceptors (Lipinski definition) is 4. The van der Waals surface area contributed by atoms with Gasteiger partial charge < -0.3 is 16.0 Å². The van der Waals surface area contributed by atoms with Gasteiger partial charge in [-0.3, -0.25) is 9.48 Å². The number of amides is 1. The smallest absolute Gasteiger partial charge is 0.256 e. The second-order valence-corrected chi connectivity index (χ2v) is 4.53. The van der Waals surface area contributed by atoms with Crippen molar-refractivity contribution in [3.8, 4) is 0 Å². The molecule has 3 N–H and O–H groups in total. The van der Waals surface area contributed by atoms with E-state index in [1.54, 1.807) is 7.05 Å². The van der Waals surface area contributed by atoms with E-state index in [2.05, 4.69) is 15.3 Å². The molecule has 0 saturated carbocycles. The molecule has 0 spiro atoms. The van der Waals surface area contributed by atoms with Crippen molar-refractivity contribution in [2.75, 3.05) is 26.4 Å². The van der Waals surface area contributed by atoms with Crippen LogP contribution in [0.15, 0.2) is 6.20 Å². The molecule has 1 atom stereocenters. The molecule has 1 aromatic heterocycles. The van der Waals surface area contributed by atoms with E-state index in [0.717, 1.165) is 13.0 Å². The zero-order valence-corrected chi connectivity index (χ0v) is 10.9. The largest absolute Gasteiger partial charge is 0.383 e. The molecule has 0 bridgehead atoms. The maximum Gasteiger partial charge on any atom is 0.256 e. The van der Waals surface area contributed by atoms with E-state index in [9.17, 15) is 4.79 Å². The van der Waals surface area contributed by atoms with Crippen LogP contribution in [0.3, 0.4) is 0 Å². The van der Waals surface area contributed by atoms with E-state index < -0.39 is 0 Å². The van der Waals surface area contributed by atoms with Crippen LogP contribution in [0, 0.1) is 0 Å². The van der Waals surface area contributed by atoms with Gasteiger partial charge in [0, 0.05) is 13.1 Å². The van der Waals surface area contributed by atoms with Crippen LogP contribution in [0.1, 0.15) is 23.7 Å². The minimum Gasteiger partial charge on any atom is -0.383 e. The van der Waals surface area contributed by atoms with Crippen LogP contribution >= 0.6 is 0 Å². The summed E-state index contributed by atoms with van der Waals surface area (Å²) in [7, 11) is 5.73. The number of nitrogen functional groups attached to an aromatic ring is 1. The lowest BCUT2D eigenvalue weighted by Crippen LogP contribution is -2.35. The Hall–Kier alpha value is -1.56. The molecular formula is C11H21N5O. The van der Waals surface area contributed by atoms with Crippen molar-refractivity contribution in [1.29, 1.82) is 0 Å². The first-order valence-corrected chi connectivity index (χ1v) is 5.65. The van der Waals surface area contributed by atoms with E-state index in [4.69, 9.17) is 5.73 Å². The number of nitrogens with zero attached hydrogens (tertiary/aromatic N) is 3. The number of carbonyl (C=O) groups is 1. The van der Waals surface area contributed by atoms with Gasteiger partial charge in [0.25, 0.3) is 5.91 Å². The van der Waals surface area contributed by atoms with Gasteiger partial charge in [0.05, 0.1) is 6.20 Å². The lowest BCUT2D eigenvalue weighted by molar-refractivity contribution is 0.0937. The summed E-state index contributed by atoms with van der Waals surface area (Å²) in [5.41, 5.74) is 6.17. The lowest BCUT2D eigenvalue weighted by atomic mass is 10.2. The quantitative estimate of drug-likeness (QED) is 0.762. The summed E-state index contributed by atoms with van der Waals surface area (Å²) in [6.45, 7) is 2.91. The minimum absolute atomic E-state index is 0.115. The van der Waals surface area contributed by atoms with Crippen LogP contribution in [0.2, 0.25) is 0 Å². The van der Waals surface area contributed by atoms with Crippen LogP contribution in [0.4, 0.5) is 5.82 Å². The third-order valence-corrected chi connectivity index (χ3v) is 2.62. The molecule has 1 unspecified atom stereocenters. The molecule has 1 aromatic rings. The average Bonchev–Trinajstić information content (AvgIpc) is 2.57. The first-order valence-electron chi connectivity index (χ1n) is 5.65. The number of anilines is 1. The number of aryl methyl sites for hydroxylation is 1. The SMILES string of the molecule is CC(CCN(C)C)NC(=O)c1cnn(C)c1N. The number of aromatic nitrogens is 2. The summed E-state index contributed by atoms with van der Waals surface area (Å²) < 4.78 is 1.49. The Morgan fingerprint density at radius 3 is 2.76 bits per heavy atom. The molecule has 0 radical (unpaired) electrons. The molecule has 17 heavy (non-hydrogen) atoms. The predicted octanol–water partition coefficient (Wildman–Crippen LogP) is 0.0723. The second kappa shape index (κ2) is 5.67. The van der Waals surface area contributed by atoms with Gasteiger partial charge in [0.15, 0.2) is 0 Å². The monoisotopic (exact) mass is 239 g/mol. The topological polar surface area (TPSA) is 76.2 Å². The third-order valence-electron chi connectivity index (χ3n) is 2.62. The molecule has 0 aliphatic heterocycles. The third kappa shape index (κ3) is 3.74. The fourth-order valence-corrected chi connectivity index (χ4v) is 1.45. The number of nitrogens with two attached hydrogens (primary N) is 1. The number of carbonyl (C=O) groups excluding carboxylic acids is 1. The van der Waals surface area contributed by atoms with E-state index in [1.807, 2.05) is 21.0 Å². The number of rotatable bonds is 5. The second-order valence-electron chi connectivity index (χ2n) is 4.53. The molecule has 6 nitrogen and oxygen atoms in total. The van der Waals surface area contributed by atoms with E-state index in [0.29, 0.717) is 11.4 Å². The lowest BCUT2D eigenvalue weighted by Gasteiger charge is -2.16. The predicted molar refractivity (Wildman–Crippen MR) is 67.7 cm³/mol. The standard InChI is InChI=1S/C11H21N5O/c1-8(5-6-15(2)3)14-11(17)9-7-13-16(4)10(9)12/h7-8H,5-6,12H2,1-4H3,(H,14,17). The summed E-state index contributed by atoms with van der Waals surface area (Å²) in [5, 5.41) is 6.85. The van der Waals surface area contributed by atoms with Crippen LogP contribution in [-0.4, -0.2) is 47.3 Å². The molecule has 96 valence electrons. The number of nitrogens with one attached hydrogen (secondary N) is 1. The molecule has 1 rings (SSSR count). The van der Waals surface area contributed by atoms with E-state index in [-0.39, 0.29) is 11.9 Å². The highest BCUT2D eigenvalue weighted by Crippen LogP contribution is 2.09. The first-order chi connectivity index (χ1) is 7.91. The Morgan fingerprint density at radius 2 is 2.29 bits per heavy atom. The van der Waals surface area contributed by atoms with Gasteiger partial charge in [-0.1, -0.05) is 0 Å². The molecule has 0 aromatic carbocycles. The fourth-order valence-electron chi connectivity index (χ4n) is 1.45. The molecule has 1 heterocycles. The Bertz CT molecular complexity index is 385. The maximum absolute atomic E-state index is 11.9. The van der Waals surface area contributed by atoms with Crippen molar-refractivity contribution in [1.82, 2.24) is 20.0 Å². The maximum atomic E-state index is 11.9. The first kappa shape index (κ1) is 13.5. The number of hydrogen-bond donors (Lipinski definition) is 2. The van der Waals surface area contributed by atoms with E-state index in [1.165, 1.54) is 10.9 Å². The van der Waals surface area contributed by atoms with Gasteiger partial charge in [0.2, 0.25) is 0 Å². The van der Waals surface area contributed by atoms with Crippen molar-refractivity contribution in [3.63, 3.8) is 0 Å². The molecule has 0 saturated heterocycles. The van der Waals surface area contributed by atoms with Gasteiger partial charge in [-0.2, -0.15) is 5.10 Å². The highest BCUT2D eigenvalue weighted by Gasteiger charge is 2.15. The van der Waals surface area contributed by atoms with Gasteiger partial charge in [0.1, 0.15) is 11.4 Å². The Morgan fingerprint density at radius 1 is 1.65 bits per heavy atom. The van der Waals surface area contributed by atoms with Crippen molar-refractivity contribution >= 4 is 11.7 Å². The molecule has 6 heteroatoms. The molecule has 0 aliphatic rings. The van der Waals surface area contributed by atoms with Crippen LogP contribution in [-0.2, 0) is 7.05 Å². The summed E-state index contributed by atoms with van der Waals surface area (Å²) in [4.78, 5) is 14.0. The van der Waals surface area contributed by atoms with Crippen molar-refractivity contribution in [2.45, 2.75) is 19.4 Å². The fraction of sp³-hybridized carbons (Fsp3) is 0.636. The van der Waals surface area contributed by atoms with Crippen LogP contribution in [0.5, 0.6) is 0 Å². The Labute approximate surface area is 102 Å². The average molecular weight is 239 g/mol. The zero-order chi connectivity index (χ0) is 13.0. The van der Waals surface area contributed by atoms with Crippen LogP contribution < -0.4 is 11.1 Å². The molecular weight excluding hydrogens is 218 g/mol. The highest BCUT2D eigenvalue weighted by atomic mass is 16.1. The van der Waals surface area contributed by atoms with Crippen molar-refractivity contribution < 1.29 is 4.79 Å². The van der Waals surface area contributed by atoms with Crippen molar-refractivity contribution in [2.24, 2.45) is 7.05 Å². The Kier molecular flexibility index (Phi) is 4.51. The van der Waals surface area contributed by atoms with Gasteiger partial charge in [-0.05, 0) is 34.0 Å². The summed E-state index contributed by atoms with van der Waals surface area (Å²) in [6, 6.07) is 0.115. The van der Waals surface area contributed by atoms with Crippen LogP contribution in [0.25, 0.3) is 0 Å². The molecule has 0 fully saturated rings. The van der Waals surface area contributed by atoms with Gasteiger partial charge in [-0.25, -0.2) is 0 Å². The van der Waals surface area contributed by atoms with Crippen molar-refractivity contribution in [3.05, 3.63) is 11.8 Å². The van der Waals surface area contributed by atoms with E-state index >= 15 is 0 Å². The molecule has 0 aliphatic carbocycles. The normalized spacial score (nSPS) is 12.8. The van der Waals surface area contributed by atoms with Gasteiger partial charge in [-0.15, -0.1) is 0 Å². The zero-order valence-electron chi connectivity index (χ0n) is 10.9. The molecule has 1 amide bonds. The summed E-state index contributed by atoms with van der Waals surface area (Å²) >= 11 is 0. The summed E-state index contributed by atoms with van der Waals surface area (Å²) in [5.74, 6) is 0.226. The highest BCUT2D eigenvalue weighted by molar-refractivity contribution is 5.98.